The van der Waals surface area contributed by atoms with E-state index in [-0.39, 0.29) is 12.8 Å². The Labute approximate surface area is 228 Å². The van der Waals surface area contributed by atoms with E-state index in [9.17, 15) is 9.90 Å². The second-order valence-corrected chi connectivity index (χ2v) is 10.8. The second kappa shape index (κ2) is 12.1. The lowest BCUT2D eigenvalue weighted by atomic mass is 9.71. The molecular weight excluding hydrogens is 503 g/mol. The number of ether oxygens (including phenoxy) is 1. The van der Waals surface area contributed by atoms with E-state index in [4.69, 9.17) is 17.0 Å². The van der Waals surface area contributed by atoms with Gasteiger partial charge in [0, 0.05) is 37.8 Å². The summed E-state index contributed by atoms with van der Waals surface area (Å²) in [5, 5.41) is 10.4. The number of methoxy groups -OCH3 is 1. The Kier molecular flexibility index (Phi) is 8.89. The smallest absolute Gasteiger partial charge is 0.303 e. The number of alkyl halides is 1. The van der Waals surface area contributed by atoms with Crippen molar-refractivity contribution in [3.63, 3.8) is 0 Å². The van der Waals surface area contributed by atoms with Crippen molar-refractivity contribution in [1.29, 1.82) is 0 Å². The summed E-state index contributed by atoms with van der Waals surface area (Å²) in [4.78, 5) is 25.6. The zero-order valence-electron chi connectivity index (χ0n) is 22.2. The lowest BCUT2D eigenvalue weighted by molar-refractivity contribution is -0.141. The Hall–Kier alpha value is -3.17. The summed E-state index contributed by atoms with van der Waals surface area (Å²) in [7, 11) is 5.33. The number of hydrogen-bond donors (Lipinski definition) is 1. The quantitative estimate of drug-likeness (QED) is 0.254. The number of aromatic nitrogens is 2. The first-order chi connectivity index (χ1) is 18.2. The van der Waals surface area contributed by atoms with Crippen LogP contribution in [-0.2, 0) is 4.79 Å². The molecule has 3 heterocycles. The van der Waals surface area contributed by atoms with Crippen LogP contribution in [-0.4, -0.2) is 71.6 Å². The third kappa shape index (κ3) is 6.45. The van der Waals surface area contributed by atoms with Crippen molar-refractivity contribution in [2.24, 2.45) is 5.41 Å². The number of piperidine rings is 1. The number of rotatable bonds is 11. The summed E-state index contributed by atoms with van der Waals surface area (Å²) < 4.78 is 21.5. The highest BCUT2D eigenvalue weighted by molar-refractivity contribution is 7.80. The van der Waals surface area contributed by atoms with E-state index < -0.39 is 17.6 Å². The highest BCUT2D eigenvalue weighted by Crippen LogP contribution is 2.44. The zero-order valence-corrected chi connectivity index (χ0v) is 23.0. The van der Waals surface area contributed by atoms with Crippen LogP contribution in [0.15, 0.2) is 48.8 Å². The molecule has 2 aromatic heterocycles. The maximum atomic E-state index is 16.1. The van der Waals surface area contributed by atoms with Gasteiger partial charge in [0.25, 0.3) is 0 Å². The van der Waals surface area contributed by atoms with Crippen LogP contribution >= 0.6 is 12.2 Å². The van der Waals surface area contributed by atoms with Gasteiger partial charge in [-0.05, 0) is 74.5 Å². The summed E-state index contributed by atoms with van der Waals surface area (Å²) in [6, 6.07) is 11.2. The standard InChI is InChI=1S/C29H35FN4O3S/c1-33(2)25-18-32-23-8-7-20(37-3)16-21(23)28(25)22(30)9-10-29(17-27(35)36)11-14-34(15-12-29)19-26(38)24-6-4-5-13-31-24/h4-8,13,16,18,22H,9-12,14-15,17,19H2,1-3H3,(H,35,36)/t22-/m1/s1. The summed E-state index contributed by atoms with van der Waals surface area (Å²) in [5.41, 5.74) is 2.32. The summed E-state index contributed by atoms with van der Waals surface area (Å²) in [6.45, 7) is 2.04. The van der Waals surface area contributed by atoms with Crippen molar-refractivity contribution in [1.82, 2.24) is 14.9 Å². The van der Waals surface area contributed by atoms with Gasteiger partial charge in [-0.15, -0.1) is 0 Å². The summed E-state index contributed by atoms with van der Waals surface area (Å²) in [6.07, 6.45) is 4.27. The largest absolute Gasteiger partial charge is 0.497 e. The number of halogens is 1. The van der Waals surface area contributed by atoms with Gasteiger partial charge < -0.3 is 14.7 Å². The van der Waals surface area contributed by atoms with Crippen molar-refractivity contribution >= 4 is 39.6 Å². The van der Waals surface area contributed by atoms with Gasteiger partial charge in [-0.1, -0.05) is 18.3 Å². The van der Waals surface area contributed by atoms with Crippen LogP contribution in [0.3, 0.4) is 0 Å². The fraction of sp³-hybridized carbons (Fsp3) is 0.448. The molecule has 1 aromatic carbocycles. The van der Waals surface area contributed by atoms with Crippen molar-refractivity contribution in [2.45, 2.75) is 38.3 Å². The van der Waals surface area contributed by atoms with Gasteiger partial charge in [-0.3, -0.25) is 19.7 Å². The van der Waals surface area contributed by atoms with E-state index in [2.05, 4.69) is 14.9 Å². The number of fused-ring (bicyclic) bond motifs is 1. The molecule has 38 heavy (non-hydrogen) atoms. The van der Waals surface area contributed by atoms with E-state index in [1.807, 2.05) is 55.4 Å². The Morgan fingerprint density at radius 1 is 1.24 bits per heavy atom. The number of anilines is 1. The molecule has 1 saturated heterocycles. The Morgan fingerprint density at radius 2 is 2.00 bits per heavy atom. The third-order valence-electron chi connectivity index (χ3n) is 7.58. The minimum atomic E-state index is -1.27. The Bertz CT molecular complexity index is 1280. The number of benzene rings is 1. The lowest BCUT2D eigenvalue weighted by Crippen LogP contribution is -2.43. The summed E-state index contributed by atoms with van der Waals surface area (Å²) >= 11 is 5.59. The van der Waals surface area contributed by atoms with Crippen LogP contribution in [0.5, 0.6) is 5.75 Å². The number of pyridine rings is 2. The number of nitrogens with zero attached hydrogens (tertiary/aromatic N) is 4. The van der Waals surface area contributed by atoms with Crippen molar-refractivity contribution in [3.05, 3.63) is 60.0 Å². The number of hydrogen-bond acceptors (Lipinski definition) is 7. The molecule has 0 saturated carbocycles. The Balaban J connectivity index is 1.50. The zero-order chi connectivity index (χ0) is 27.3. The van der Waals surface area contributed by atoms with Crippen molar-refractivity contribution in [2.75, 3.05) is 45.7 Å². The van der Waals surface area contributed by atoms with Gasteiger partial charge >= 0.3 is 5.97 Å². The van der Waals surface area contributed by atoms with Gasteiger partial charge in [-0.2, -0.15) is 0 Å². The van der Waals surface area contributed by atoms with E-state index in [0.29, 0.717) is 53.7 Å². The van der Waals surface area contributed by atoms with Gasteiger partial charge in [0.2, 0.25) is 0 Å². The highest BCUT2D eigenvalue weighted by Gasteiger charge is 2.37. The molecule has 0 radical (unpaired) electrons. The average molecular weight is 539 g/mol. The lowest BCUT2D eigenvalue weighted by Gasteiger charge is -2.41. The molecule has 0 aliphatic carbocycles. The molecule has 1 fully saturated rings. The maximum absolute atomic E-state index is 16.1. The first-order valence-electron chi connectivity index (χ1n) is 12.9. The maximum Gasteiger partial charge on any atom is 0.303 e. The van der Waals surface area contributed by atoms with Crippen LogP contribution in [0.2, 0.25) is 0 Å². The van der Waals surface area contributed by atoms with Crippen LogP contribution in [0.4, 0.5) is 10.1 Å². The molecule has 0 spiro atoms. The molecule has 1 aliphatic rings. The fourth-order valence-electron chi connectivity index (χ4n) is 5.40. The SMILES string of the molecule is COc1ccc2ncc(N(C)C)c([C@H](F)CCC3(CC(=O)O)CCN(CC(=S)c4ccccn4)CC3)c2c1. The van der Waals surface area contributed by atoms with Gasteiger partial charge in [0.05, 0.1) is 41.5 Å². The molecule has 1 atom stereocenters. The van der Waals surface area contributed by atoms with E-state index >= 15 is 4.39 Å². The Morgan fingerprint density at radius 3 is 2.63 bits per heavy atom. The molecule has 3 aromatic rings. The van der Waals surface area contributed by atoms with E-state index in [0.717, 1.165) is 23.6 Å². The molecule has 4 rings (SSSR count). The van der Waals surface area contributed by atoms with Crippen LogP contribution in [0.25, 0.3) is 10.9 Å². The van der Waals surface area contributed by atoms with Gasteiger partial charge in [0.15, 0.2) is 0 Å². The monoisotopic (exact) mass is 538 g/mol. The molecule has 1 aliphatic heterocycles. The number of likely N-dealkylation sites (tertiary alicyclic amines) is 1. The molecule has 7 nitrogen and oxygen atoms in total. The molecule has 0 unspecified atom stereocenters. The molecule has 0 bridgehead atoms. The number of aliphatic carboxylic acids is 1. The fourth-order valence-corrected chi connectivity index (χ4v) is 5.71. The molecule has 1 N–H and O–H groups in total. The number of thiocarbonyl (C=S) groups is 1. The third-order valence-corrected chi connectivity index (χ3v) is 7.92. The van der Waals surface area contributed by atoms with Crippen molar-refractivity contribution < 1.29 is 19.0 Å². The second-order valence-electron chi connectivity index (χ2n) is 10.3. The summed E-state index contributed by atoms with van der Waals surface area (Å²) in [5.74, 6) is -0.201. The molecule has 202 valence electrons. The van der Waals surface area contributed by atoms with E-state index in [1.165, 1.54) is 0 Å². The van der Waals surface area contributed by atoms with Crippen molar-refractivity contribution in [3.8, 4) is 5.75 Å². The number of carboxylic acid groups (broad SMARTS) is 1. The minimum absolute atomic E-state index is 0.0314. The molecule has 9 heteroatoms. The predicted octanol–water partition coefficient (Wildman–Crippen LogP) is 5.47. The molecular formula is C29H35FN4O3S. The highest BCUT2D eigenvalue weighted by atomic mass is 32.1. The first-order valence-corrected chi connectivity index (χ1v) is 13.3. The van der Waals surface area contributed by atoms with Crippen LogP contribution in [0, 0.1) is 5.41 Å². The van der Waals surface area contributed by atoms with Crippen LogP contribution in [0.1, 0.15) is 49.5 Å². The van der Waals surface area contributed by atoms with E-state index in [1.54, 1.807) is 19.5 Å². The first kappa shape index (κ1) is 27.9. The number of carboxylic acids is 1. The molecule has 0 amide bonds. The normalized spacial score (nSPS) is 16.2. The minimum Gasteiger partial charge on any atom is -0.497 e. The predicted molar refractivity (Wildman–Crippen MR) is 152 cm³/mol. The van der Waals surface area contributed by atoms with Gasteiger partial charge in [0.1, 0.15) is 11.9 Å². The topological polar surface area (TPSA) is 78.8 Å². The average Bonchev–Trinajstić information content (AvgIpc) is 2.92. The van der Waals surface area contributed by atoms with Crippen LogP contribution < -0.4 is 9.64 Å². The van der Waals surface area contributed by atoms with Gasteiger partial charge in [-0.25, -0.2) is 4.39 Å². The number of carbonyl (C=O) groups is 1.